The zero-order valence-corrected chi connectivity index (χ0v) is 12.7. The number of methoxy groups -OCH3 is 1. The Morgan fingerprint density at radius 3 is 2.59 bits per heavy atom. The molecule has 0 aliphatic rings. The molecule has 4 heteroatoms. The van der Waals surface area contributed by atoms with E-state index in [-0.39, 0.29) is 0 Å². The van der Waals surface area contributed by atoms with Gasteiger partial charge < -0.3 is 14.0 Å². The van der Waals surface area contributed by atoms with E-state index < -0.39 is 0 Å². The Kier molecular flexibility index (Phi) is 4.71. The van der Waals surface area contributed by atoms with Crippen LogP contribution in [0.1, 0.15) is 12.2 Å². The van der Waals surface area contributed by atoms with Crippen molar-refractivity contribution in [3.05, 3.63) is 60.4 Å². The van der Waals surface area contributed by atoms with Crippen molar-refractivity contribution in [2.75, 3.05) is 13.7 Å². The molecular formula is C18H20N2O2. The van der Waals surface area contributed by atoms with Crippen LogP contribution in [0.15, 0.2) is 54.6 Å². The van der Waals surface area contributed by atoms with Gasteiger partial charge in [0.15, 0.2) is 0 Å². The van der Waals surface area contributed by atoms with Crippen LogP contribution in [-0.2, 0) is 17.9 Å². The first-order chi connectivity index (χ1) is 10.9. The van der Waals surface area contributed by atoms with Crippen LogP contribution in [-0.4, -0.2) is 23.3 Å². The minimum atomic E-state index is 0.522. The van der Waals surface area contributed by atoms with E-state index >= 15 is 0 Å². The van der Waals surface area contributed by atoms with Crippen molar-refractivity contribution in [2.24, 2.45) is 0 Å². The molecule has 0 aliphatic carbocycles. The third kappa shape index (κ3) is 3.28. The molecule has 0 amide bonds. The van der Waals surface area contributed by atoms with Gasteiger partial charge in [-0.3, -0.25) is 0 Å². The lowest BCUT2D eigenvalue weighted by molar-refractivity contribution is 0.174. The second kappa shape index (κ2) is 7.09. The Labute approximate surface area is 130 Å². The summed E-state index contributed by atoms with van der Waals surface area (Å²) in [6.07, 6.45) is 0.923. The molecule has 3 aromatic rings. The highest BCUT2D eigenvalue weighted by Crippen LogP contribution is 2.17. The molecular weight excluding hydrogens is 276 g/mol. The van der Waals surface area contributed by atoms with Gasteiger partial charge in [-0.2, -0.15) is 0 Å². The lowest BCUT2D eigenvalue weighted by atomic mass is 10.3. The highest BCUT2D eigenvalue weighted by molar-refractivity contribution is 5.75. The quantitative estimate of drug-likeness (QED) is 0.624. The van der Waals surface area contributed by atoms with Crippen LogP contribution in [0, 0.1) is 0 Å². The van der Waals surface area contributed by atoms with Gasteiger partial charge in [0, 0.05) is 13.7 Å². The molecule has 114 valence electrons. The number of imidazole rings is 1. The van der Waals surface area contributed by atoms with Crippen LogP contribution in [0.3, 0.4) is 0 Å². The topological polar surface area (TPSA) is 36.3 Å². The van der Waals surface area contributed by atoms with E-state index in [1.54, 1.807) is 7.11 Å². The zero-order valence-electron chi connectivity index (χ0n) is 12.7. The number of benzene rings is 2. The van der Waals surface area contributed by atoms with Gasteiger partial charge >= 0.3 is 0 Å². The Bertz CT molecular complexity index is 722. The standard InChI is InChI=1S/C18H20N2O2/c1-21-14-18-19-16-10-5-6-11-17(16)20(18)12-7-13-22-15-8-3-2-4-9-15/h2-6,8-11H,7,12-14H2,1H3. The predicted molar refractivity (Wildman–Crippen MR) is 87.0 cm³/mol. The third-order valence-corrected chi connectivity index (χ3v) is 3.55. The molecule has 22 heavy (non-hydrogen) atoms. The second-order valence-electron chi connectivity index (χ2n) is 5.12. The Morgan fingerprint density at radius 1 is 1.00 bits per heavy atom. The van der Waals surface area contributed by atoms with Crippen LogP contribution in [0.4, 0.5) is 0 Å². The summed E-state index contributed by atoms with van der Waals surface area (Å²) in [5.41, 5.74) is 2.16. The largest absolute Gasteiger partial charge is 0.494 e. The average molecular weight is 296 g/mol. The number of ether oxygens (including phenoxy) is 2. The summed E-state index contributed by atoms with van der Waals surface area (Å²) in [6, 6.07) is 18.1. The minimum Gasteiger partial charge on any atom is -0.494 e. The fraction of sp³-hybridized carbons (Fsp3) is 0.278. The highest BCUT2D eigenvalue weighted by atomic mass is 16.5. The van der Waals surface area contributed by atoms with Crippen LogP contribution in [0.5, 0.6) is 5.75 Å². The normalized spacial score (nSPS) is 11.0. The number of nitrogens with zero attached hydrogens (tertiary/aromatic N) is 2. The molecule has 1 aromatic heterocycles. The molecule has 0 spiro atoms. The molecule has 0 bridgehead atoms. The Balaban J connectivity index is 1.66. The summed E-state index contributed by atoms with van der Waals surface area (Å²) in [5, 5.41) is 0. The van der Waals surface area contributed by atoms with Gasteiger partial charge in [-0.05, 0) is 30.7 Å². The molecule has 0 fully saturated rings. The van der Waals surface area contributed by atoms with E-state index in [1.165, 1.54) is 0 Å². The number of aromatic nitrogens is 2. The van der Waals surface area contributed by atoms with Gasteiger partial charge in [-0.15, -0.1) is 0 Å². The summed E-state index contributed by atoms with van der Waals surface area (Å²) in [5.74, 6) is 1.87. The van der Waals surface area contributed by atoms with E-state index in [2.05, 4.69) is 15.6 Å². The van der Waals surface area contributed by atoms with Crippen molar-refractivity contribution < 1.29 is 9.47 Å². The molecule has 0 unspecified atom stereocenters. The number of hydrogen-bond donors (Lipinski definition) is 0. The monoisotopic (exact) mass is 296 g/mol. The molecule has 0 atom stereocenters. The highest BCUT2D eigenvalue weighted by Gasteiger charge is 2.09. The summed E-state index contributed by atoms with van der Waals surface area (Å²) < 4.78 is 13.2. The molecule has 0 saturated heterocycles. The van der Waals surface area contributed by atoms with Crippen LogP contribution in [0.25, 0.3) is 11.0 Å². The van der Waals surface area contributed by atoms with Gasteiger partial charge in [-0.25, -0.2) is 4.98 Å². The van der Waals surface area contributed by atoms with E-state index in [9.17, 15) is 0 Å². The Morgan fingerprint density at radius 2 is 1.77 bits per heavy atom. The van der Waals surface area contributed by atoms with Crippen LogP contribution >= 0.6 is 0 Å². The lowest BCUT2D eigenvalue weighted by Gasteiger charge is -2.10. The molecule has 4 nitrogen and oxygen atoms in total. The van der Waals surface area contributed by atoms with Crippen molar-refractivity contribution in [1.29, 1.82) is 0 Å². The molecule has 2 aromatic carbocycles. The first-order valence-electron chi connectivity index (χ1n) is 7.49. The number of hydrogen-bond acceptors (Lipinski definition) is 3. The Hall–Kier alpha value is -2.33. The molecule has 1 heterocycles. The first kappa shape index (κ1) is 14.6. The maximum Gasteiger partial charge on any atom is 0.135 e. The van der Waals surface area contributed by atoms with Crippen molar-refractivity contribution in [3.63, 3.8) is 0 Å². The fourth-order valence-electron chi connectivity index (χ4n) is 2.54. The van der Waals surface area contributed by atoms with Gasteiger partial charge in [0.2, 0.25) is 0 Å². The van der Waals surface area contributed by atoms with E-state index in [1.807, 2.05) is 48.5 Å². The average Bonchev–Trinajstić information content (AvgIpc) is 2.90. The fourth-order valence-corrected chi connectivity index (χ4v) is 2.54. The van der Waals surface area contributed by atoms with Crippen LogP contribution in [0.2, 0.25) is 0 Å². The van der Waals surface area contributed by atoms with E-state index in [0.717, 1.165) is 35.6 Å². The molecule has 3 rings (SSSR count). The molecule has 0 saturated carbocycles. The number of para-hydroxylation sites is 3. The lowest BCUT2D eigenvalue weighted by Crippen LogP contribution is -2.08. The van der Waals surface area contributed by atoms with Crippen molar-refractivity contribution in [3.8, 4) is 5.75 Å². The number of fused-ring (bicyclic) bond motifs is 1. The van der Waals surface area contributed by atoms with Crippen molar-refractivity contribution in [2.45, 2.75) is 19.6 Å². The third-order valence-electron chi connectivity index (χ3n) is 3.55. The summed E-state index contributed by atoms with van der Waals surface area (Å²) in [4.78, 5) is 4.64. The predicted octanol–water partition coefficient (Wildman–Crippen LogP) is 3.65. The number of aryl methyl sites for hydroxylation is 1. The molecule has 0 radical (unpaired) electrons. The zero-order chi connectivity index (χ0) is 15.2. The first-order valence-corrected chi connectivity index (χ1v) is 7.49. The maximum absolute atomic E-state index is 5.75. The van der Waals surface area contributed by atoms with Gasteiger partial charge in [0.05, 0.1) is 17.6 Å². The van der Waals surface area contributed by atoms with Gasteiger partial charge in [-0.1, -0.05) is 30.3 Å². The summed E-state index contributed by atoms with van der Waals surface area (Å²) >= 11 is 0. The van der Waals surface area contributed by atoms with Gasteiger partial charge in [0.1, 0.15) is 18.2 Å². The molecule has 0 N–H and O–H groups in total. The van der Waals surface area contributed by atoms with Crippen LogP contribution < -0.4 is 4.74 Å². The summed E-state index contributed by atoms with van der Waals surface area (Å²) in [7, 11) is 1.70. The SMILES string of the molecule is COCc1nc2ccccc2n1CCCOc1ccccc1. The van der Waals surface area contributed by atoms with Crippen molar-refractivity contribution >= 4 is 11.0 Å². The van der Waals surface area contributed by atoms with E-state index in [0.29, 0.717) is 13.2 Å². The maximum atomic E-state index is 5.75. The molecule has 0 aliphatic heterocycles. The summed E-state index contributed by atoms with van der Waals surface area (Å²) in [6.45, 7) is 2.07. The second-order valence-corrected chi connectivity index (χ2v) is 5.12. The smallest absolute Gasteiger partial charge is 0.135 e. The van der Waals surface area contributed by atoms with E-state index in [4.69, 9.17) is 9.47 Å². The van der Waals surface area contributed by atoms with Crippen molar-refractivity contribution in [1.82, 2.24) is 9.55 Å². The minimum absolute atomic E-state index is 0.522. The van der Waals surface area contributed by atoms with Gasteiger partial charge in [0.25, 0.3) is 0 Å². The number of rotatable bonds is 7.